The number of carbonyl (C=O) groups excluding carboxylic acids is 2. The maximum Gasteiger partial charge on any atom is 0.238 e. The van der Waals surface area contributed by atoms with Gasteiger partial charge in [0, 0.05) is 22.9 Å². The summed E-state index contributed by atoms with van der Waals surface area (Å²) in [6.07, 6.45) is 3.13. The molecule has 4 N–H and O–H groups in total. The predicted octanol–water partition coefficient (Wildman–Crippen LogP) is 1.78. The summed E-state index contributed by atoms with van der Waals surface area (Å²) in [7, 11) is -3.85. The second kappa shape index (κ2) is 9.65. The van der Waals surface area contributed by atoms with E-state index in [9.17, 15) is 18.0 Å². The van der Waals surface area contributed by atoms with Crippen LogP contribution in [0.5, 0.6) is 0 Å². The quantitative estimate of drug-likeness (QED) is 0.558. The van der Waals surface area contributed by atoms with E-state index in [1.165, 1.54) is 18.2 Å². The van der Waals surface area contributed by atoms with E-state index in [2.05, 4.69) is 31.5 Å². The molecule has 1 unspecified atom stereocenters. The molecule has 1 aliphatic heterocycles. The molecular formula is C19H22BrN5O4S. The molecule has 2 heterocycles. The lowest BCUT2D eigenvalue weighted by molar-refractivity contribution is -0.123. The first-order chi connectivity index (χ1) is 14.2. The van der Waals surface area contributed by atoms with Crippen molar-refractivity contribution < 1.29 is 18.0 Å². The third-order valence-electron chi connectivity index (χ3n) is 4.67. The molecule has 3 rings (SSSR count). The molecule has 9 nitrogen and oxygen atoms in total. The molecule has 30 heavy (non-hydrogen) atoms. The van der Waals surface area contributed by atoms with Gasteiger partial charge in [-0.05, 0) is 65.6 Å². The molecule has 0 bridgehead atoms. The first kappa shape index (κ1) is 22.3. The number of benzene rings is 1. The Balaban J connectivity index is 1.54. The topological polar surface area (TPSA) is 134 Å². The number of nitrogens with zero attached hydrogens (tertiary/aromatic N) is 2. The molecule has 1 saturated heterocycles. The largest absolute Gasteiger partial charge is 0.325 e. The number of nitrogens with two attached hydrogens (primary N) is 1. The summed E-state index contributed by atoms with van der Waals surface area (Å²) in [5, 5.41) is 10.6. The number of piperidine rings is 1. The number of nitrogens with one attached hydrogen (secondary N) is 2. The van der Waals surface area contributed by atoms with Gasteiger partial charge in [0.05, 0.1) is 17.4 Å². The SMILES string of the molecule is NS(=O)(=O)c1cccc(NC(=O)CN2CCCC(C(=O)Nc3ccc(Br)cn3)C2)c1. The van der Waals surface area contributed by atoms with Crippen LogP contribution in [0.3, 0.4) is 0 Å². The average molecular weight is 496 g/mol. The van der Waals surface area contributed by atoms with Crippen LogP contribution < -0.4 is 15.8 Å². The van der Waals surface area contributed by atoms with E-state index in [-0.39, 0.29) is 29.2 Å². The van der Waals surface area contributed by atoms with Crippen molar-refractivity contribution in [1.29, 1.82) is 0 Å². The van der Waals surface area contributed by atoms with Crippen LogP contribution in [0.1, 0.15) is 12.8 Å². The number of hydrogen-bond donors (Lipinski definition) is 3. The van der Waals surface area contributed by atoms with Gasteiger partial charge in [0.1, 0.15) is 5.82 Å². The fraction of sp³-hybridized carbons (Fsp3) is 0.316. The van der Waals surface area contributed by atoms with E-state index < -0.39 is 10.0 Å². The molecule has 0 spiro atoms. The molecule has 1 atom stereocenters. The van der Waals surface area contributed by atoms with Crippen molar-refractivity contribution in [3.05, 3.63) is 47.1 Å². The summed E-state index contributed by atoms with van der Waals surface area (Å²) in [5.41, 5.74) is 0.346. The fourth-order valence-corrected chi connectivity index (χ4v) is 4.04. The van der Waals surface area contributed by atoms with Gasteiger partial charge in [-0.25, -0.2) is 18.5 Å². The van der Waals surface area contributed by atoms with Crippen LogP contribution in [0.25, 0.3) is 0 Å². The van der Waals surface area contributed by atoms with E-state index in [0.29, 0.717) is 24.6 Å². The minimum atomic E-state index is -3.85. The molecule has 1 aromatic carbocycles. The number of rotatable bonds is 6. The highest BCUT2D eigenvalue weighted by Crippen LogP contribution is 2.19. The van der Waals surface area contributed by atoms with Crippen molar-refractivity contribution in [3.63, 3.8) is 0 Å². The number of aromatic nitrogens is 1. The van der Waals surface area contributed by atoms with Gasteiger partial charge in [-0.2, -0.15) is 0 Å². The monoisotopic (exact) mass is 495 g/mol. The fourth-order valence-electron chi connectivity index (χ4n) is 3.25. The Morgan fingerprint density at radius 3 is 2.73 bits per heavy atom. The van der Waals surface area contributed by atoms with Gasteiger partial charge in [0.15, 0.2) is 0 Å². The smallest absolute Gasteiger partial charge is 0.238 e. The number of sulfonamides is 1. The standard InChI is InChI=1S/C19H22BrN5O4S/c20-14-6-7-17(22-10-14)24-19(27)13-3-2-8-25(11-13)12-18(26)23-15-4-1-5-16(9-15)30(21,28)29/h1,4-7,9-10,13H,2-3,8,11-12H2,(H,23,26)(H2,21,28,29)(H,22,24,27). The van der Waals surface area contributed by atoms with Crippen LogP contribution in [0, 0.1) is 5.92 Å². The number of hydrogen-bond acceptors (Lipinski definition) is 6. The van der Waals surface area contributed by atoms with Crippen LogP contribution in [-0.4, -0.2) is 49.8 Å². The van der Waals surface area contributed by atoms with E-state index in [4.69, 9.17) is 5.14 Å². The Bertz CT molecular complexity index is 1030. The van der Waals surface area contributed by atoms with Crippen LogP contribution >= 0.6 is 15.9 Å². The lowest BCUT2D eigenvalue weighted by atomic mass is 9.97. The third kappa shape index (κ3) is 6.33. The second-order valence-corrected chi connectivity index (χ2v) is 9.52. The van der Waals surface area contributed by atoms with Gasteiger partial charge in [-0.3, -0.25) is 14.5 Å². The minimum absolute atomic E-state index is 0.0726. The third-order valence-corrected chi connectivity index (χ3v) is 6.05. The Morgan fingerprint density at radius 2 is 2.03 bits per heavy atom. The van der Waals surface area contributed by atoms with Crippen molar-refractivity contribution in [1.82, 2.24) is 9.88 Å². The van der Waals surface area contributed by atoms with Gasteiger partial charge < -0.3 is 10.6 Å². The zero-order valence-electron chi connectivity index (χ0n) is 16.0. The molecule has 2 amide bonds. The van der Waals surface area contributed by atoms with Crippen LogP contribution in [-0.2, 0) is 19.6 Å². The zero-order valence-corrected chi connectivity index (χ0v) is 18.4. The molecule has 1 aromatic heterocycles. The molecule has 11 heteroatoms. The summed E-state index contributed by atoms with van der Waals surface area (Å²) in [6.45, 7) is 1.25. The molecule has 0 aliphatic carbocycles. The van der Waals surface area contributed by atoms with Gasteiger partial charge >= 0.3 is 0 Å². The van der Waals surface area contributed by atoms with Crippen molar-refractivity contribution in [3.8, 4) is 0 Å². The lowest BCUT2D eigenvalue weighted by Gasteiger charge is -2.31. The van der Waals surface area contributed by atoms with Gasteiger partial charge in [0.25, 0.3) is 0 Å². The average Bonchev–Trinajstić information content (AvgIpc) is 2.69. The Labute approximate surface area is 183 Å². The number of primary sulfonamides is 1. The Kier molecular flexibility index (Phi) is 7.19. The molecular weight excluding hydrogens is 474 g/mol. The highest BCUT2D eigenvalue weighted by atomic mass is 79.9. The maximum atomic E-state index is 12.5. The summed E-state index contributed by atoms with van der Waals surface area (Å²) < 4.78 is 23.7. The lowest BCUT2D eigenvalue weighted by Crippen LogP contribution is -2.44. The van der Waals surface area contributed by atoms with E-state index >= 15 is 0 Å². The summed E-state index contributed by atoms with van der Waals surface area (Å²) in [4.78, 5) is 30.9. The number of pyridine rings is 1. The van der Waals surface area contributed by atoms with Crippen LogP contribution in [0.15, 0.2) is 52.0 Å². The van der Waals surface area contributed by atoms with Gasteiger partial charge in [-0.15, -0.1) is 0 Å². The van der Waals surface area contributed by atoms with Crippen LogP contribution in [0.2, 0.25) is 0 Å². The first-order valence-corrected chi connectivity index (χ1v) is 11.6. The minimum Gasteiger partial charge on any atom is -0.325 e. The molecule has 1 aliphatic rings. The maximum absolute atomic E-state index is 12.5. The number of anilines is 2. The molecule has 0 radical (unpaired) electrons. The van der Waals surface area contributed by atoms with E-state index in [1.807, 2.05) is 4.90 Å². The number of likely N-dealkylation sites (tertiary alicyclic amines) is 1. The second-order valence-electron chi connectivity index (χ2n) is 7.05. The van der Waals surface area contributed by atoms with Gasteiger partial charge in [0.2, 0.25) is 21.8 Å². The number of amides is 2. The van der Waals surface area contributed by atoms with Crippen molar-refractivity contribution in [2.75, 3.05) is 30.3 Å². The summed E-state index contributed by atoms with van der Waals surface area (Å²) in [5.74, 6) is -0.191. The van der Waals surface area contributed by atoms with E-state index in [1.54, 1.807) is 24.4 Å². The predicted molar refractivity (Wildman–Crippen MR) is 116 cm³/mol. The zero-order chi connectivity index (χ0) is 21.7. The van der Waals surface area contributed by atoms with Crippen molar-refractivity contribution >= 4 is 49.3 Å². The first-order valence-electron chi connectivity index (χ1n) is 9.28. The molecule has 160 valence electrons. The molecule has 1 fully saturated rings. The molecule has 2 aromatic rings. The number of carbonyl (C=O) groups is 2. The van der Waals surface area contributed by atoms with Crippen LogP contribution in [0.4, 0.5) is 11.5 Å². The Morgan fingerprint density at radius 1 is 1.23 bits per heavy atom. The van der Waals surface area contributed by atoms with Gasteiger partial charge in [-0.1, -0.05) is 6.07 Å². The van der Waals surface area contributed by atoms with E-state index in [0.717, 1.165) is 17.3 Å². The van der Waals surface area contributed by atoms with Crippen molar-refractivity contribution in [2.45, 2.75) is 17.7 Å². The summed E-state index contributed by atoms with van der Waals surface area (Å²) in [6, 6.07) is 9.28. The highest BCUT2D eigenvalue weighted by molar-refractivity contribution is 9.10. The number of halogens is 1. The molecule has 0 saturated carbocycles. The summed E-state index contributed by atoms with van der Waals surface area (Å²) >= 11 is 3.30. The Hall–Kier alpha value is -2.34. The highest BCUT2D eigenvalue weighted by Gasteiger charge is 2.27. The van der Waals surface area contributed by atoms with Crippen molar-refractivity contribution in [2.24, 2.45) is 11.1 Å². The normalized spacial score (nSPS) is 17.3.